The maximum Gasteiger partial charge on any atom is 0.309 e. The lowest BCUT2D eigenvalue weighted by atomic mass is 9.97. The first kappa shape index (κ1) is 14.9. The predicted molar refractivity (Wildman–Crippen MR) is 69.9 cm³/mol. The van der Waals surface area contributed by atoms with Crippen LogP contribution in [-0.4, -0.2) is 55.9 Å². The molecule has 1 aliphatic rings. The van der Waals surface area contributed by atoms with Gasteiger partial charge in [-0.3, -0.25) is 14.4 Å². The number of piperidine rings is 1. The number of amides is 2. The average Bonchev–Trinajstić information content (AvgIpc) is 2.85. The van der Waals surface area contributed by atoms with Crippen LogP contribution in [0.3, 0.4) is 0 Å². The Morgan fingerprint density at radius 1 is 1.43 bits per heavy atom. The van der Waals surface area contributed by atoms with Gasteiger partial charge in [0.05, 0.1) is 18.0 Å². The van der Waals surface area contributed by atoms with E-state index in [0.29, 0.717) is 25.2 Å². The SMILES string of the molecule is NC(=O)C1CCCN(C(=O)Cn2cc(CC(=O)O)nn2)C1. The second-order valence-electron chi connectivity index (χ2n) is 5.06. The summed E-state index contributed by atoms with van der Waals surface area (Å²) in [7, 11) is 0. The molecule has 0 radical (unpaired) electrons. The minimum Gasteiger partial charge on any atom is -0.481 e. The van der Waals surface area contributed by atoms with Crippen molar-refractivity contribution in [3.8, 4) is 0 Å². The first-order valence-electron chi connectivity index (χ1n) is 6.63. The molecule has 0 spiro atoms. The van der Waals surface area contributed by atoms with Crippen molar-refractivity contribution in [2.24, 2.45) is 11.7 Å². The molecule has 2 heterocycles. The number of likely N-dealkylation sites (tertiary alicyclic amines) is 1. The van der Waals surface area contributed by atoms with E-state index in [2.05, 4.69) is 10.3 Å². The van der Waals surface area contributed by atoms with Gasteiger partial charge < -0.3 is 15.7 Å². The normalized spacial score (nSPS) is 18.5. The van der Waals surface area contributed by atoms with Gasteiger partial charge in [-0.1, -0.05) is 5.21 Å². The lowest BCUT2D eigenvalue weighted by molar-refractivity contribution is -0.137. The number of aliphatic carboxylic acids is 1. The van der Waals surface area contributed by atoms with Gasteiger partial charge in [-0.05, 0) is 12.8 Å². The zero-order valence-electron chi connectivity index (χ0n) is 11.4. The molecular formula is C12H17N5O4. The number of carboxylic acids is 1. The monoisotopic (exact) mass is 295 g/mol. The zero-order valence-corrected chi connectivity index (χ0v) is 11.4. The van der Waals surface area contributed by atoms with Gasteiger partial charge in [0, 0.05) is 19.3 Å². The van der Waals surface area contributed by atoms with Crippen molar-refractivity contribution in [2.75, 3.05) is 13.1 Å². The molecule has 114 valence electrons. The van der Waals surface area contributed by atoms with Crippen LogP contribution in [0.2, 0.25) is 0 Å². The zero-order chi connectivity index (χ0) is 15.4. The maximum atomic E-state index is 12.1. The number of aromatic nitrogens is 3. The summed E-state index contributed by atoms with van der Waals surface area (Å²) in [6.45, 7) is 0.877. The van der Waals surface area contributed by atoms with Crippen LogP contribution in [-0.2, 0) is 27.3 Å². The first-order chi connectivity index (χ1) is 9.95. The van der Waals surface area contributed by atoms with Crippen molar-refractivity contribution in [1.29, 1.82) is 0 Å². The molecule has 1 unspecified atom stereocenters. The number of carboxylic acid groups (broad SMARTS) is 1. The Balaban J connectivity index is 1.93. The van der Waals surface area contributed by atoms with Crippen LogP contribution >= 0.6 is 0 Å². The van der Waals surface area contributed by atoms with Gasteiger partial charge in [0.25, 0.3) is 0 Å². The fraction of sp³-hybridized carbons (Fsp3) is 0.583. The molecule has 1 aliphatic heterocycles. The highest BCUT2D eigenvalue weighted by Gasteiger charge is 2.27. The average molecular weight is 295 g/mol. The molecule has 2 rings (SSSR count). The molecule has 1 fully saturated rings. The maximum absolute atomic E-state index is 12.1. The number of rotatable bonds is 5. The molecule has 1 atom stereocenters. The summed E-state index contributed by atoms with van der Waals surface area (Å²) in [5, 5.41) is 16.1. The van der Waals surface area contributed by atoms with E-state index in [9.17, 15) is 14.4 Å². The van der Waals surface area contributed by atoms with Crippen LogP contribution in [0.4, 0.5) is 0 Å². The summed E-state index contributed by atoms with van der Waals surface area (Å²) in [5.41, 5.74) is 5.57. The van der Waals surface area contributed by atoms with E-state index < -0.39 is 11.9 Å². The molecular weight excluding hydrogens is 278 g/mol. The van der Waals surface area contributed by atoms with Gasteiger partial charge in [-0.15, -0.1) is 5.10 Å². The van der Waals surface area contributed by atoms with E-state index in [4.69, 9.17) is 10.8 Å². The second-order valence-corrected chi connectivity index (χ2v) is 5.06. The van der Waals surface area contributed by atoms with Crippen molar-refractivity contribution in [3.63, 3.8) is 0 Å². The topological polar surface area (TPSA) is 131 Å². The minimum atomic E-state index is -1.01. The number of carbonyl (C=O) groups is 3. The summed E-state index contributed by atoms with van der Waals surface area (Å²) >= 11 is 0. The van der Waals surface area contributed by atoms with Crippen molar-refractivity contribution in [3.05, 3.63) is 11.9 Å². The van der Waals surface area contributed by atoms with Gasteiger partial charge in [-0.2, -0.15) is 0 Å². The molecule has 1 aromatic heterocycles. The Kier molecular flexibility index (Phi) is 4.51. The Morgan fingerprint density at radius 2 is 2.19 bits per heavy atom. The van der Waals surface area contributed by atoms with Gasteiger partial charge >= 0.3 is 5.97 Å². The molecule has 9 heteroatoms. The summed E-state index contributed by atoms with van der Waals surface area (Å²) in [6, 6.07) is 0. The molecule has 21 heavy (non-hydrogen) atoms. The fourth-order valence-electron chi connectivity index (χ4n) is 2.33. The number of hydrogen-bond donors (Lipinski definition) is 2. The first-order valence-corrected chi connectivity index (χ1v) is 6.63. The lowest BCUT2D eigenvalue weighted by Gasteiger charge is -2.31. The van der Waals surface area contributed by atoms with E-state index in [1.807, 2.05) is 0 Å². The Hall–Kier alpha value is -2.45. The molecule has 9 nitrogen and oxygen atoms in total. The highest BCUT2D eigenvalue weighted by atomic mass is 16.4. The summed E-state index contributed by atoms with van der Waals surface area (Å²) in [4.78, 5) is 35.5. The van der Waals surface area contributed by atoms with Crippen molar-refractivity contribution in [1.82, 2.24) is 19.9 Å². The third kappa shape index (κ3) is 4.01. The van der Waals surface area contributed by atoms with E-state index in [0.717, 1.165) is 6.42 Å². The Labute approximate surface area is 120 Å². The molecule has 0 aliphatic carbocycles. The number of nitrogens with zero attached hydrogens (tertiary/aromatic N) is 4. The van der Waals surface area contributed by atoms with E-state index in [1.54, 1.807) is 4.90 Å². The number of nitrogens with two attached hydrogens (primary N) is 1. The van der Waals surface area contributed by atoms with Crippen LogP contribution in [0.15, 0.2) is 6.20 Å². The highest BCUT2D eigenvalue weighted by molar-refractivity contribution is 5.80. The third-order valence-corrected chi connectivity index (χ3v) is 3.39. The van der Waals surface area contributed by atoms with Crippen LogP contribution in [0.1, 0.15) is 18.5 Å². The summed E-state index contributed by atoms with van der Waals surface area (Å²) in [6.07, 6.45) is 2.63. The van der Waals surface area contributed by atoms with Crippen LogP contribution in [0, 0.1) is 5.92 Å². The molecule has 1 aromatic rings. The standard InChI is InChI=1S/C12H17N5O4/c13-12(21)8-2-1-3-16(5-8)10(18)7-17-6-9(14-15-17)4-11(19)20/h6,8H,1-5,7H2,(H2,13,21)(H,19,20). The van der Waals surface area contributed by atoms with Crippen molar-refractivity contribution < 1.29 is 19.5 Å². The number of hydrogen-bond acceptors (Lipinski definition) is 5. The number of carbonyl (C=O) groups excluding carboxylic acids is 2. The Bertz CT molecular complexity index is 556. The van der Waals surface area contributed by atoms with Gasteiger partial charge in [-0.25, -0.2) is 4.68 Å². The molecule has 0 saturated carbocycles. The molecule has 3 N–H and O–H groups in total. The van der Waals surface area contributed by atoms with Gasteiger partial charge in [0.2, 0.25) is 11.8 Å². The summed E-state index contributed by atoms with van der Waals surface area (Å²) in [5.74, 6) is -1.89. The highest BCUT2D eigenvalue weighted by Crippen LogP contribution is 2.16. The van der Waals surface area contributed by atoms with Crippen LogP contribution in [0.5, 0.6) is 0 Å². The summed E-state index contributed by atoms with van der Waals surface area (Å²) < 4.78 is 1.30. The minimum absolute atomic E-state index is 0.0297. The predicted octanol–water partition coefficient (Wildman–Crippen LogP) is -1.37. The van der Waals surface area contributed by atoms with E-state index in [-0.39, 0.29) is 24.8 Å². The molecule has 0 bridgehead atoms. The van der Waals surface area contributed by atoms with Crippen LogP contribution in [0.25, 0.3) is 0 Å². The molecule has 0 aromatic carbocycles. The largest absolute Gasteiger partial charge is 0.481 e. The van der Waals surface area contributed by atoms with Crippen molar-refractivity contribution in [2.45, 2.75) is 25.8 Å². The van der Waals surface area contributed by atoms with E-state index >= 15 is 0 Å². The quantitative estimate of drug-likeness (QED) is 0.689. The lowest BCUT2D eigenvalue weighted by Crippen LogP contribution is -2.45. The van der Waals surface area contributed by atoms with E-state index in [1.165, 1.54) is 10.9 Å². The van der Waals surface area contributed by atoms with Gasteiger partial charge in [0.15, 0.2) is 0 Å². The smallest absolute Gasteiger partial charge is 0.309 e. The number of primary amides is 1. The Morgan fingerprint density at radius 3 is 2.86 bits per heavy atom. The van der Waals surface area contributed by atoms with Gasteiger partial charge in [0.1, 0.15) is 6.54 Å². The molecule has 1 saturated heterocycles. The second kappa shape index (κ2) is 6.33. The fourth-order valence-corrected chi connectivity index (χ4v) is 2.33. The molecule has 2 amide bonds. The van der Waals surface area contributed by atoms with Crippen LogP contribution < -0.4 is 5.73 Å². The van der Waals surface area contributed by atoms with Crippen molar-refractivity contribution >= 4 is 17.8 Å². The third-order valence-electron chi connectivity index (χ3n) is 3.39.